The Balaban J connectivity index is 2.39. The molecule has 1 unspecified atom stereocenters. The van der Waals surface area contributed by atoms with Gasteiger partial charge in [0.1, 0.15) is 12.2 Å². The van der Waals surface area contributed by atoms with Crippen molar-refractivity contribution in [1.82, 2.24) is 0 Å². The molecular formula is C17H22O4. The first-order chi connectivity index (χ1) is 9.88. The van der Waals surface area contributed by atoms with E-state index >= 15 is 0 Å². The molecule has 3 atom stereocenters. The topological polar surface area (TPSA) is 52.6 Å². The van der Waals surface area contributed by atoms with E-state index in [1.807, 2.05) is 19.9 Å². The maximum Gasteiger partial charge on any atom is 0.334 e. The third-order valence-corrected chi connectivity index (χ3v) is 3.98. The van der Waals surface area contributed by atoms with E-state index in [4.69, 9.17) is 9.47 Å². The quantitative estimate of drug-likeness (QED) is 0.423. The van der Waals surface area contributed by atoms with Gasteiger partial charge in [0.2, 0.25) is 0 Å². The number of carbonyl (C=O) groups excluding carboxylic acids is 2. The summed E-state index contributed by atoms with van der Waals surface area (Å²) in [5, 5.41) is 0. The van der Waals surface area contributed by atoms with E-state index in [1.165, 1.54) is 12.5 Å². The molecule has 1 aliphatic carbocycles. The number of esters is 2. The third kappa shape index (κ3) is 3.63. The molecule has 21 heavy (non-hydrogen) atoms. The molecule has 0 amide bonds. The third-order valence-electron chi connectivity index (χ3n) is 3.98. The molecule has 0 radical (unpaired) electrons. The van der Waals surface area contributed by atoms with E-state index in [9.17, 15) is 9.59 Å². The van der Waals surface area contributed by atoms with E-state index in [0.29, 0.717) is 12.0 Å². The average molecular weight is 290 g/mol. The van der Waals surface area contributed by atoms with Crippen LogP contribution in [0.25, 0.3) is 0 Å². The number of carbonyl (C=O) groups is 2. The van der Waals surface area contributed by atoms with Gasteiger partial charge in [-0.3, -0.25) is 4.79 Å². The zero-order chi connectivity index (χ0) is 15.6. The Bertz CT molecular complexity index is 527. The SMILES string of the molecule is C=C1C(=O)O[C@@H]2C=C(C)CCC=C(C)C[C@@H](OC(C)=O)C12. The lowest BCUT2D eigenvalue weighted by atomic mass is 9.85. The summed E-state index contributed by atoms with van der Waals surface area (Å²) in [6.45, 7) is 9.27. The highest BCUT2D eigenvalue weighted by molar-refractivity contribution is 5.91. The van der Waals surface area contributed by atoms with Crippen LogP contribution in [0.3, 0.4) is 0 Å². The summed E-state index contributed by atoms with van der Waals surface area (Å²) in [6.07, 6.45) is 5.80. The summed E-state index contributed by atoms with van der Waals surface area (Å²) < 4.78 is 10.9. The molecule has 1 saturated heterocycles. The highest BCUT2D eigenvalue weighted by Gasteiger charge is 2.44. The second-order valence-corrected chi connectivity index (χ2v) is 5.88. The van der Waals surface area contributed by atoms with E-state index in [1.54, 1.807) is 0 Å². The first-order valence-corrected chi connectivity index (χ1v) is 7.28. The van der Waals surface area contributed by atoms with Crippen LogP contribution in [0.2, 0.25) is 0 Å². The van der Waals surface area contributed by atoms with Gasteiger partial charge in [0.05, 0.1) is 5.92 Å². The zero-order valence-electron chi connectivity index (χ0n) is 12.8. The van der Waals surface area contributed by atoms with E-state index in [2.05, 4.69) is 12.7 Å². The summed E-state index contributed by atoms with van der Waals surface area (Å²) >= 11 is 0. The maximum atomic E-state index is 11.9. The number of ether oxygens (including phenoxy) is 2. The van der Waals surface area contributed by atoms with Gasteiger partial charge in [-0.05, 0) is 32.8 Å². The smallest absolute Gasteiger partial charge is 0.334 e. The van der Waals surface area contributed by atoms with E-state index in [0.717, 1.165) is 18.4 Å². The van der Waals surface area contributed by atoms with Crippen molar-refractivity contribution in [3.8, 4) is 0 Å². The minimum absolute atomic E-state index is 0.308. The number of rotatable bonds is 1. The number of hydrogen-bond acceptors (Lipinski definition) is 4. The molecule has 1 fully saturated rings. The molecule has 0 bridgehead atoms. The molecule has 2 rings (SSSR count). The Labute approximate surface area is 125 Å². The van der Waals surface area contributed by atoms with Gasteiger partial charge in [0.25, 0.3) is 0 Å². The highest BCUT2D eigenvalue weighted by Crippen LogP contribution is 2.36. The Morgan fingerprint density at radius 1 is 1.38 bits per heavy atom. The van der Waals surface area contributed by atoms with E-state index < -0.39 is 12.1 Å². The van der Waals surface area contributed by atoms with Crippen molar-refractivity contribution in [1.29, 1.82) is 0 Å². The van der Waals surface area contributed by atoms with Crippen molar-refractivity contribution in [3.63, 3.8) is 0 Å². The number of fused-ring (bicyclic) bond motifs is 1. The predicted octanol–water partition coefficient (Wildman–Crippen LogP) is 3.09. The van der Waals surface area contributed by atoms with Gasteiger partial charge < -0.3 is 9.47 Å². The second kappa shape index (κ2) is 6.29. The van der Waals surface area contributed by atoms with Crippen LogP contribution in [-0.2, 0) is 19.1 Å². The van der Waals surface area contributed by atoms with Crippen LogP contribution < -0.4 is 0 Å². The zero-order valence-corrected chi connectivity index (χ0v) is 12.8. The van der Waals surface area contributed by atoms with Crippen LogP contribution in [0.15, 0.2) is 35.5 Å². The van der Waals surface area contributed by atoms with Gasteiger partial charge in [-0.2, -0.15) is 0 Å². The molecule has 0 aromatic heterocycles. The summed E-state index contributed by atoms with van der Waals surface area (Å²) in [5.74, 6) is -1.05. The molecule has 2 aliphatic rings. The van der Waals surface area contributed by atoms with Crippen LogP contribution >= 0.6 is 0 Å². The molecule has 0 spiro atoms. The molecule has 0 N–H and O–H groups in total. The first kappa shape index (κ1) is 15.5. The molecule has 114 valence electrons. The summed E-state index contributed by atoms with van der Waals surface area (Å²) in [4.78, 5) is 23.2. The van der Waals surface area contributed by atoms with Crippen molar-refractivity contribution in [2.24, 2.45) is 5.92 Å². The Morgan fingerprint density at radius 2 is 2.10 bits per heavy atom. The van der Waals surface area contributed by atoms with E-state index in [-0.39, 0.29) is 18.0 Å². The van der Waals surface area contributed by atoms with Gasteiger partial charge >= 0.3 is 11.9 Å². The van der Waals surface area contributed by atoms with Crippen molar-refractivity contribution in [3.05, 3.63) is 35.5 Å². The van der Waals surface area contributed by atoms with Gasteiger partial charge in [0, 0.05) is 18.9 Å². The van der Waals surface area contributed by atoms with Gasteiger partial charge in [-0.15, -0.1) is 0 Å². The molecular weight excluding hydrogens is 268 g/mol. The van der Waals surface area contributed by atoms with Crippen LogP contribution in [0, 0.1) is 5.92 Å². The lowest BCUT2D eigenvalue weighted by Gasteiger charge is -2.26. The second-order valence-electron chi connectivity index (χ2n) is 5.88. The normalized spacial score (nSPS) is 30.0. The molecule has 0 saturated carbocycles. The highest BCUT2D eigenvalue weighted by atomic mass is 16.6. The van der Waals surface area contributed by atoms with Crippen molar-refractivity contribution in [2.45, 2.75) is 52.2 Å². The lowest BCUT2D eigenvalue weighted by Crippen LogP contribution is -2.32. The molecule has 1 heterocycles. The molecule has 4 heteroatoms. The average Bonchev–Trinajstić information content (AvgIpc) is 2.62. The Hall–Kier alpha value is -1.84. The maximum absolute atomic E-state index is 11.9. The van der Waals surface area contributed by atoms with Crippen molar-refractivity contribution in [2.75, 3.05) is 0 Å². The number of allylic oxidation sites excluding steroid dienone is 2. The lowest BCUT2D eigenvalue weighted by molar-refractivity contribution is -0.149. The van der Waals surface area contributed by atoms with Gasteiger partial charge in [-0.1, -0.05) is 23.8 Å². The standard InChI is InChI=1S/C17H22O4/c1-10-6-5-7-11(2)9-15-16(12(3)17(19)21-15)14(8-10)20-13(4)18/h6,9,14-16H,3,5,7-8H2,1-2,4H3/t14-,15-,16?/m1/s1. The fraction of sp³-hybridized carbons (Fsp3) is 0.529. The summed E-state index contributed by atoms with van der Waals surface area (Å²) in [6, 6.07) is 0. The minimum Gasteiger partial charge on any atom is -0.461 e. The predicted molar refractivity (Wildman–Crippen MR) is 79.4 cm³/mol. The van der Waals surface area contributed by atoms with Gasteiger partial charge in [0.15, 0.2) is 0 Å². The minimum atomic E-state index is -0.412. The van der Waals surface area contributed by atoms with Crippen LogP contribution in [0.4, 0.5) is 0 Å². The molecule has 1 aliphatic heterocycles. The fourth-order valence-corrected chi connectivity index (χ4v) is 2.95. The fourth-order valence-electron chi connectivity index (χ4n) is 2.95. The molecule has 0 aromatic carbocycles. The van der Waals surface area contributed by atoms with Crippen LogP contribution in [-0.4, -0.2) is 24.1 Å². The Kier molecular flexibility index (Phi) is 4.66. The Morgan fingerprint density at radius 3 is 2.76 bits per heavy atom. The van der Waals surface area contributed by atoms with Crippen molar-refractivity contribution >= 4 is 11.9 Å². The van der Waals surface area contributed by atoms with Crippen LogP contribution in [0.5, 0.6) is 0 Å². The van der Waals surface area contributed by atoms with Crippen molar-refractivity contribution < 1.29 is 19.1 Å². The number of hydrogen-bond donors (Lipinski definition) is 0. The summed E-state index contributed by atoms with van der Waals surface area (Å²) in [7, 11) is 0. The molecule has 4 nitrogen and oxygen atoms in total. The van der Waals surface area contributed by atoms with Crippen LogP contribution in [0.1, 0.15) is 40.0 Å². The van der Waals surface area contributed by atoms with Gasteiger partial charge in [-0.25, -0.2) is 4.79 Å². The summed E-state index contributed by atoms with van der Waals surface area (Å²) in [5.41, 5.74) is 2.71. The molecule has 0 aromatic rings. The largest absolute Gasteiger partial charge is 0.461 e. The monoisotopic (exact) mass is 290 g/mol. The first-order valence-electron chi connectivity index (χ1n) is 7.28.